The van der Waals surface area contributed by atoms with Crippen LogP contribution in [0.1, 0.15) is 63.6 Å². The Bertz CT molecular complexity index is 1320. The summed E-state index contributed by atoms with van der Waals surface area (Å²) in [5.74, 6) is -0.717. The molecule has 5 rings (SSSR count). The molecule has 0 radical (unpaired) electrons. The summed E-state index contributed by atoms with van der Waals surface area (Å²) in [6.07, 6.45) is 2.17. The fourth-order valence-corrected chi connectivity index (χ4v) is 5.61. The zero-order chi connectivity index (χ0) is 28.7. The van der Waals surface area contributed by atoms with Crippen LogP contribution < -0.4 is 5.32 Å². The third kappa shape index (κ3) is 5.69. The quantitative estimate of drug-likeness (QED) is 0.464. The Labute approximate surface area is 234 Å². The molecule has 2 atom stereocenters. The maximum absolute atomic E-state index is 13.7. The van der Waals surface area contributed by atoms with Crippen LogP contribution in [0.25, 0.3) is 0 Å². The summed E-state index contributed by atoms with van der Waals surface area (Å²) < 4.78 is 11.1. The number of ether oxygens (including phenoxy) is 2. The molecule has 3 amide bonds. The Hall–Kier alpha value is -3.88. The van der Waals surface area contributed by atoms with Crippen LogP contribution in [0.2, 0.25) is 0 Å². The number of imide groups is 1. The molecule has 2 aromatic rings. The molecule has 9 nitrogen and oxygen atoms in total. The molecule has 1 aliphatic heterocycles. The van der Waals surface area contributed by atoms with Gasteiger partial charge in [-0.25, -0.2) is 9.69 Å². The predicted octanol–water partition coefficient (Wildman–Crippen LogP) is 4.39. The lowest BCUT2D eigenvalue weighted by atomic mass is 9.94. The van der Waals surface area contributed by atoms with Gasteiger partial charge in [-0.2, -0.15) is 0 Å². The smallest absolute Gasteiger partial charge is 0.418 e. The minimum Gasteiger partial charge on any atom is -0.459 e. The van der Waals surface area contributed by atoms with E-state index < -0.39 is 23.2 Å². The van der Waals surface area contributed by atoms with Crippen LogP contribution >= 0.6 is 0 Å². The zero-order valence-corrected chi connectivity index (χ0v) is 23.6. The van der Waals surface area contributed by atoms with Gasteiger partial charge in [0.15, 0.2) is 0 Å². The predicted molar refractivity (Wildman–Crippen MR) is 148 cm³/mol. The molecule has 0 aromatic heterocycles. The van der Waals surface area contributed by atoms with Crippen molar-refractivity contribution in [3.8, 4) is 0 Å². The molecule has 1 heterocycles. The van der Waals surface area contributed by atoms with Gasteiger partial charge in [0.25, 0.3) is 5.91 Å². The number of rotatable bonds is 9. The van der Waals surface area contributed by atoms with Gasteiger partial charge >= 0.3 is 12.1 Å². The Kier molecular flexibility index (Phi) is 7.33. The summed E-state index contributed by atoms with van der Waals surface area (Å²) in [4.78, 5) is 55.1. The van der Waals surface area contributed by atoms with Gasteiger partial charge in [0.1, 0.15) is 18.7 Å². The molecule has 3 aliphatic rings. The van der Waals surface area contributed by atoms with E-state index in [2.05, 4.69) is 5.32 Å². The minimum atomic E-state index is -1.43. The number of hydrogen-bond acceptors (Lipinski definition) is 7. The maximum atomic E-state index is 13.7. The lowest BCUT2D eigenvalue weighted by Gasteiger charge is -2.30. The summed E-state index contributed by atoms with van der Waals surface area (Å²) >= 11 is 0. The highest BCUT2D eigenvalue weighted by atomic mass is 16.6. The Morgan fingerprint density at radius 3 is 2.55 bits per heavy atom. The van der Waals surface area contributed by atoms with E-state index in [1.807, 2.05) is 64.1 Å². The van der Waals surface area contributed by atoms with Crippen molar-refractivity contribution in [3.63, 3.8) is 0 Å². The fraction of sp³-hybridized carbons (Fsp3) is 0.484. The van der Waals surface area contributed by atoms with E-state index in [0.717, 1.165) is 28.9 Å². The summed E-state index contributed by atoms with van der Waals surface area (Å²) in [7, 11) is 0. The van der Waals surface area contributed by atoms with Crippen molar-refractivity contribution < 1.29 is 28.7 Å². The molecule has 2 aromatic carbocycles. The van der Waals surface area contributed by atoms with Crippen molar-refractivity contribution in [3.05, 3.63) is 65.2 Å². The van der Waals surface area contributed by atoms with Gasteiger partial charge in [-0.3, -0.25) is 14.4 Å². The SMILES string of the molecule is C[C@@H](C1CC1)N(Cc1ccccc1)C(=O)CN1C(=O)OC2(CCc3cc(NCC(=O)OC(C)(C)C)ccc32)C1=O. The number of fused-ring (bicyclic) bond motifs is 2. The molecule has 212 valence electrons. The first-order valence-electron chi connectivity index (χ1n) is 13.9. The summed E-state index contributed by atoms with van der Waals surface area (Å²) in [6.45, 7) is 7.53. The first-order valence-corrected chi connectivity index (χ1v) is 13.9. The molecule has 1 unspecified atom stereocenters. The lowest BCUT2D eigenvalue weighted by Crippen LogP contribution is -2.47. The van der Waals surface area contributed by atoms with Crippen molar-refractivity contribution in [2.24, 2.45) is 5.92 Å². The minimum absolute atomic E-state index is 0.00374. The summed E-state index contributed by atoms with van der Waals surface area (Å²) in [5, 5.41) is 3.06. The normalized spacial score (nSPS) is 20.8. The molecule has 2 aliphatic carbocycles. The topological polar surface area (TPSA) is 105 Å². The molecule has 1 saturated heterocycles. The number of anilines is 1. The summed E-state index contributed by atoms with van der Waals surface area (Å²) in [5.41, 5.74) is 1.18. The number of hydrogen-bond donors (Lipinski definition) is 1. The van der Waals surface area contributed by atoms with Crippen LogP contribution in [0.5, 0.6) is 0 Å². The van der Waals surface area contributed by atoms with E-state index in [4.69, 9.17) is 9.47 Å². The number of carbonyl (C=O) groups excluding carboxylic acids is 4. The molecule has 2 fully saturated rings. The number of aryl methyl sites for hydroxylation is 1. The highest BCUT2D eigenvalue weighted by Crippen LogP contribution is 2.46. The van der Waals surface area contributed by atoms with Crippen LogP contribution in [0.4, 0.5) is 10.5 Å². The van der Waals surface area contributed by atoms with Gasteiger partial charge in [0, 0.05) is 30.3 Å². The number of nitrogens with one attached hydrogen (secondary N) is 1. The Morgan fingerprint density at radius 1 is 1.15 bits per heavy atom. The van der Waals surface area contributed by atoms with Crippen molar-refractivity contribution in [2.45, 2.75) is 77.2 Å². The van der Waals surface area contributed by atoms with Gasteiger partial charge in [0.05, 0.1) is 0 Å². The average molecular weight is 548 g/mol. The summed E-state index contributed by atoms with van der Waals surface area (Å²) in [6, 6.07) is 15.1. The molecule has 9 heteroatoms. The number of esters is 1. The second kappa shape index (κ2) is 10.6. The van der Waals surface area contributed by atoms with Crippen LogP contribution in [-0.2, 0) is 42.4 Å². The van der Waals surface area contributed by atoms with Gasteiger partial charge in [-0.1, -0.05) is 36.4 Å². The molecular formula is C31H37N3O6. The van der Waals surface area contributed by atoms with Crippen LogP contribution in [0, 0.1) is 5.92 Å². The van der Waals surface area contributed by atoms with Crippen molar-refractivity contribution in [1.29, 1.82) is 0 Å². The van der Waals surface area contributed by atoms with E-state index >= 15 is 0 Å². The van der Waals surface area contributed by atoms with E-state index in [1.165, 1.54) is 0 Å². The Balaban J connectivity index is 1.28. The van der Waals surface area contributed by atoms with E-state index in [0.29, 0.717) is 36.6 Å². The van der Waals surface area contributed by atoms with E-state index in [-0.39, 0.29) is 31.0 Å². The lowest BCUT2D eigenvalue weighted by molar-refractivity contribution is -0.152. The molecule has 1 saturated carbocycles. The molecule has 40 heavy (non-hydrogen) atoms. The monoisotopic (exact) mass is 547 g/mol. The fourth-order valence-electron chi connectivity index (χ4n) is 5.61. The van der Waals surface area contributed by atoms with Crippen molar-refractivity contribution in [1.82, 2.24) is 9.80 Å². The zero-order valence-electron chi connectivity index (χ0n) is 23.6. The molecular weight excluding hydrogens is 510 g/mol. The highest BCUT2D eigenvalue weighted by Gasteiger charge is 2.58. The maximum Gasteiger partial charge on any atom is 0.418 e. The third-order valence-corrected chi connectivity index (χ3v) is 7.82. The molecule has 0 bridgehead atoms. The Morgan fingerprint density at radius 2 is 1.88 bits per heavy atom. The largest absolute Gasteiger partial charge is 0.459 e. The first-order chi connectivity index (χ1) is 19.0. The highest BCUT2D eigenvalue weighted by molar-refractivity contribution is 6.06. The second-order valence-electron chi connectivity index (χ2n) is 12.0. The van der Waals surface area contributed by atoms with Crippen molar-refractivity contribution >= 4 is 29.6 Å². The van der Waals surface area contributed by atoms with Gasteiger partial charge < -0.3 is 19.7 Å². The van der Waals surface area contributed by atoms with Gasteiger partial charge in [0.2, 0.25) is 11.5 Å². The van der Waals surface area contributed by atoms with E-state index in [1.54, 1.807) is 17.0 Å². The standard InChI is InChI=1S/C31H37N3O6/c1-20(22-10-11-22)33(18-21-8-6-5-7-9-21)26(35)19-34-28(37)31(40-29(34)38)15-14-23-16-24(12-13-25(23)31)32-17-27(36)39-30(2,3)4/h5-9,12-13,16,20,22,32H,10-11,14-15,17-19H2,1-4H3/t20-,31?/m0/s1. The number of amides is 3. The van der Waals surface area contributed by atoms with Crippen molar-refractivity contribution in [2.75, 3.05) is 18.4 Å². The molecule has 1 spiro atoms. The van der Waals surface area contributed by atoms with Crippen LogP contribution in [0.3, 0.4) is 0 Å². The number of carbonyl (C=O) groups is 4. The van der Waals surface area contributed by atoms with Gasteiger partial charge in [-0.15, -0.1) is 0 Å². The third-order valence-electron chi connectivity index (χ3n) is 7.82. The second-order valence-corrected chi connectivity index (χ2v) is 12.0. The average Bonchev–Trinajstić information content (AvgIpc) is 3.66. The number of nitrogens with zero attached hydrogens (tertiary/aromatic N) is 2. The first kappa shape index (κ1) is 27.7. The van der Waals surface area contributed by atoms with Crippen LogP contribution in [-0.4, -0.2) is 58.4 Å². The van der Waals surface area contributed by atoms with E-state index in [9.17, 15) is 19.2 Å². The van der Waals surface area contributed by atoms with Crippen LogP contribution in [0.15, 0.2) is 48.5 Å². The van der Waals surface area contributed by atoms with Gasteiger partial charge in [-0.05, 0) is 76.1 Å². The number of benzene rings is 2. The molecule has 1 N–H and O–H groups in total.